The second-order valence-electron chi connectivity index (χ2n) is 6.99. The number of hydrogen-bond acceptors (Lipinski definition) is 3. The number of ether oxygens (including phenoxy) is 1. The lowest BCUT2D eigenvalue weighted by Gasteiger charge is -2.32. The molecule has 0 N–H and O–H groups in total. The molecular weight excluding hydrogens is 332 g/mol. The van der Waals surface area contributed by atoms with Crippen LogP contribution in [0.2, 0.25) is 0 Å². The molecule has 1 aliphatic rings. The van der Waals surface area contributed by atoms with Gasteiger partial charge < -0.3 is 14.0 Å². The Morgan fingerprint density at radius 3 is 2.24 bits per heavy atom. The summed E-state index contributed by atoms with van der Waals surface area (Å²) in [5.74, 6) is -1.56. The Balaban J connectivity index is 2.41. The van der Waals surface area contributed by atoms with Gasteiger partial charge in [-0.1, -0.05) is 0 Å². The summed E-state index contributed by atoms with van der Waals surface area (Å²) in [7, 11) is -1.24. The van der Waals surface area contributed by atoms with Crippen LogP contribution in [-0.2, 0) is 14.0 Å². The molecule has 1 aromatic carbocycles. The van der Waals surface area contributed by atoms with Gasteiger partial charge in [-0.15, -0.1) is 0 Å². The summed E-state index contributed by atoms with van der Waals surface area (Å²) in [6.07, 6.45) is 0.117. The van der Waals surface area contributed by atoms with Gasteiger partial charge in [0.25, 0.3) is 0 Å². The van der Waals surface area contributed by atoms with Gasteiger partial charge in [-0.25, -0.2) is 13.2 Å². The van der Waals surface area contributed by atoms with Gasteiger partial charge in [0.15, 0.2) is 0 Å². The molecule has 0 spiro atoms. The van der Waals surface area contributed by atoms with Gasteiger partial charge in [-0.05, 0) is 58.7 Å². The summed E-state index contributed by atoms with van der Waals surface area (Å²) in [4.78, 5) is 0. The van der Waals surface area contributed by atoms with Crippen molar-refractivity contribution < 1.29 is 27.2 Å². The van der Waals surface area contributed by atoms with Crippen molar-refractivity contribution in [2.75, 3.05) is 13.2 Å². The predicted octanol–water partition coefficient (Wildman–Crippen LogP) is 4.70. The van der Waals surface area contributed by atoms with E-state index in [0.717, 1.165) is 12.1 Å². The van der Waals surface area contributed by atoms with Crippen LogP contribution in [0, 0.1) is 11.6 Å². The maximum Gasteiger partial charge on any atom is 0.525 e. The van der Waals surface area contributed by atoms with Crippen LogP contribution >= 0.6 is 0 Å². The molecule has 0 radical (unpaired) electrons. The SMILES string of the molecule is CCOCCC(=C(F)B1OC(C)(C)C(C)(C)O1)c1ccc(F)cc1F. The highest BCUT2D eigenvalue weighted by molar-refractivity contribution is 6.55. The Bertz CT molecular complexity index is 643. The van der Waals surface area contributed by atoms with Crippen molar-refractivity contribution in [1.82, 2.24) is 0 Å². The first kappa shape index (κ1) is 20.0. The van der Waals surface area contributed by atoms with E-state index in [9.17, 15) is 8.78 Å². The predicted molar refractivity (Wildman–Crippen MR) is 91.6 cm³/mol. The number of hydrogen-bond donors (Lipinski definition) is 0. The third-order valence-corrected chi connectivity index (χ3v) is 4.71. The molecule has 1 aliphatic heterocycles. The average Bonchev–Trinajstić information content (AvgIpc) is 2.72. The van der Waals surface area contributed by atoms with Crippen molar-refractivity contribution in [1.29, 1.82) is 0 Å². The van der Waals surface area contributed by atoms with Crippen molar-refractivity contribution in [2.45, 2.75) is 52.2 Å². The average molecular weight is 356 g/mol. The normalized spacial score (nSPS) is 19.9. The molecule has 1 saturated heterocycles. The first-order valence-electron chi connectivity index (χ1n) is 8.36. The zero-order chi connectivity index (χ0) is 18.8. The van der Waals surface area contributed by atoms with E-state index in [4.69, 9.17) is 14.0 Å². The molecule has 1 fully saturated rings. The fraction of sp³-hybridized carbons (Fsp3) is 0.556. The Labute approximate surface area is 147 Å². The highest BCUT2D eigenvalue weighted by Crippen LogP contribution is 2.40. The zero-order valence-electron chi connectivity index (χ0n) is 15.3. The van der Waals surface area contributed by atoms with E-state index in [1.807, 2.05) is 6.92 Å². The molecule has 3 nitrogen and oxygen atoms in total. The standard InChI is InChI=1S/C18H24BF3O3/c1-6-23-10-9-14(13-8-7-12(20)11-15(13)21)16(22)19-24-17(2,3)18(4,5)25-19/h7-8,11H,6,9-10H2,1-5H3. The van der Waals surface area contributed by atoms with Crippen LogP contribution < -0.4 is 0 Å². The van der Waals surface area contributed by atoms with Crippen LogP contribution in [0.4, 0.5) is 13.2 Å². The first-order chi connectivity index (χ1) is 11.6. The lowest BCUT2D eigenvalue weighted by molar-refractivity contribution is 0.00578. The van der Waals surface area contributed by atoms with Crippen molar-refractivity contribution in [3.05, 3.63) is 41.1 Å². The van der Waals surface area contributed by atoms with Crippen molar-refractivity contribution >= 4 is 12.7 Å². The van der Waals surface area contributed by atoms with Crippen molar-refractivity contribution in [3.8, 4) is 0 Å². The first-order valence-corrected chi connectivity index (χ1v) is 8.36. The lowest BCUT2D eigenvalue weighted by atomic mass is 9.81. The van der Waals surface area contributed by atoms with Crippen LogP contribution in [0.25, 0.3) is 5.57 Å². The van der Waals surface area contributed by atoms with E-state index in [1.165, 1.54) is 6.07 Å². The summed E-state index contributed by atoms with van der Waals surface area (Å²) in [6.45, 7) is 9.69. The van der Waals surface area contributed by atoms with Crippen molar-refractivity contribution in [3.63, 3.8) is 0 Å². The largest absolute Gasteiger partial charge is 0.525 e. The smallest absolute Gasteiger partial charge is 0.398 e. The quantitative estimate of drug-likeness (QED) is 0.546. The lowest BCUT2D eigenvalue weighted by Crippen LogP contribution is -2.41. The molecule has 1 aromatic rings. The molecule has 7 heteroatoms. The summed E-state index contributed by atoms with van der Waals surface area (Å²) in [5, 5.41) is 0. The molecule has 0 saturated carbocycles. The molecule has 0 atom stereocenters. The monoisotopic (exact) mass is 356 g/mol. The van der Waals surface area contributed by atoms with E-state index >= 15 is 4.39 Å². The number of halogens is 3. The van der Waals surface area contributed by atoms with Gasteiger partial charge in [0.1, 0.15) is 17.4 Å². The second-order valence-corrected chi connectivity index (χ2v) is 6.99. The van der Waals surface area contributed by atoms with Gasteiger partial charge in [-0.3, -0.25) is 0 Å². The van der Waals surface area contributed by atoms with Crippen molar-refractivity contribution in [2.24, 2.45) is 0 Å². The van der Waals surface area contributed by atoms with Gasteiger partial charge in [0.2, 0.25) is 0 Å². The van der Waals surface area contributed by atoms with Crippen LogP contribution in [0.5, 0.6) is 0 Å². The van der Waals surface area contributed by atoms with Gasteiger partial charge >= 0.3 is 7.12 Å². The molecular formula is C18H24BF3O3. The van der Waals surface area contributed by atoms with Crippen LogP contribution in [0.15, 0.2) is 23.9 Å². The molecule has 25 heavy (non-hydrogen) atoms. The van der Waals surface area contributed by atoms with E-state index in [1.54, 1.807) is 27.7 Å². The minimum Gasteiger partial charge on any atom is -0.398 e. The Hall–Kier alpha value is -1.31. The van der Waals surface area contributed by atoms with E-state index < -0.39 is 35.7 Å². The van der Waals surface area contributed by atoms with Gasteiger partial charge in [-0.2, -0.15) is 0 Å². The summed E-state index contributed by atoms with van der Waals surface area (Å²) in [5.41, 5.74) is -2.12. The highest BCUT2D eigenvalue weighted by atomic mass is 19.1. The summed E-state index contributed by atoms with van der Waals surface area (Å²) in [6, 6.07) is 3.04. The van der Waals surface area contributed by atoms with Crippen LogP contribution in [0.3, 0.4) is 0 Å². The van der Waals surface area contributed by atoms with E-state index in [-0.39, 0.29) is 24.2 Å². The molecule has 0 bridgehead atoms. The third-order valence-electron chi connectivity index (χ3n) is 4.71. The Morgan fingerprint density at radius 2 is 1.72 bits per heavy atom. The summed E-state index contributed by atoms with van der Waals surface area (Å²) < 4.78 is 59.2. The Kier molecular flexibility index (Phi) is 6.02. The Morgan fingerprint density at radius 1 is 1.12 bits per heavy atom. The third kappa shape index (κ3) is 4.27. The fourth-order valence-electron chi connectivity index (χ4n) is 2.52. The zero-order valence-corrected chi connectivity index (χ0v) is 15.3. The van der Waals surface area contributed by atoms with Gasteiger partial charge in [0, 0.05) is 18.2 Å². The second kappa shape index (κ2) is 7.52. The topological polar surface area (TPSA) is 27.7 Å². The maximum absolute atomic E-state index is 15.2. The molecule has 1 heterocycles. The van der Waals surface area contributed by atoms with Crippen LogP contribution in [0.1, 0.15) is 46.6 Å². The maximum atomic E-state index is 15.2. The van der Waals surface area contributed by atoms with Crippen LogP contribution in [-0.4, -0.2) is 31.5 Å². The molecule has 2 rings (SSSR count). The molecule has 0 amide bonds. The molecule has 138 valence electrons. The number of rotatable bonds is 6. The molecule has 0 unspecified atom stereocenters. The minimum atomic E-state index is -1.24. The van der Waals surface area contributed by atoms with E-state index in [2.05, 4.69) is 0 Å². The highest BCUT2D eigenvalue weighted by Gasteiger charge is 2.53. The number of benzene rings is 1. The van der Waals surface area contributed by atoms with E-state index in [0.29, 0.717) is 6.61 Å². The molecule has 0 aliphatic carbocycles. The summed E-state index contributed by atoms with van der Waals surface area (Å²) >= 11 is 0. The van der Waals surface area contributed by atoms with Gasteiger partial charge in [0.05, 0.1) is 17.8 Å². The minimum absolute atomic E-state index is 0.0201. The fourth-order valence-corrected chi connectivity index (χ4v) is 2.52. The molecule has 0 aromatic heterocycles.